The Kier molecular flexibility index (Phi) is 4.72. The lowest BCUT2D eigenvalue weighted by atomic mass is 10.0. The smallest absolute Gasteiger partial charge is 0.143 e. The van der Waals surface area contributed by atoms with Crippen LogP contribution >= 0.6 is 11.8 Å². The third-order valence-corrected chi connectivity index (χ3v) is 7.03. The molecule has 0 bridgehead atoms. The lowest BCUT2D eigenvalue weighted by Crippen LogP contribution is -2.17. The molecule has 5 aromatic rings. The fourth-order valence-corrected chi connectivity index (χ4v) is 5.25. The molecule has 2 unspecified atom stereocenters. The summed E-state index contributed by atoms with van der Waals surface area (Å²) in [5, 5.41) is 22.9. The summed E-state index contributed by atoms with van der Waals surface area (Å²) in [5.41, 5.74) is 4.67. The van der Waals surface area contributed by atoms with Crippen molar-refractivity contribution in [3.63, 3.8) is 0 Å². The fourth-order valence-electron chi connectivity index (χ4n) is 4.22. The van der Waals surface area contributed by atoms with Crippen LogP contribution in [0.5, 0.6) is 5.75 Å². The van der Waals surface area contributed by atoms with E-state index >= 15 is 0 Å². The molecule has 1 aliphatic rings. The average Bonchev–Trinajstić information content (AvgIpc) is 3.05. The van der Waals surface area contributed by atoms with Gasteiger partial charge in [0.1, 0.15) is 24.0 Å². The maximum absolute atomic E-state index is 10.9. The number of nitrogens with zero attached hydrogens (tertiary/aromatic N) is 2. The van der Waals surface area contributed by atoms with Gasteiger partial charge in [-0.15, -0.1) is 11.8 Å². The minimum atomic E-state index is -0.729. The standard InChI is InChI=1S/C26H20N2O3S/c29-17-13-31-25-19-9-5-4-8-18(19)22-23(26(25)32-14-17)27-20-11-10-16(12-21(20)28-22)24(30)15-6-2-1-3-7-15/h1-12,17,24,29-30H,13-14H2. The molecule has 0 aliphatic carbocycles. The van der Waals surface area contributed by atoms with Gasteiger partial charge in [-0.2, -0.15) is 0 Å². The van der Waals surface area contributed by atoms with Crippen LogP contribution in [0.25, 0.3) is 32.8 Å². The van der Waals surface area contributed by atoms with Crippen molar-refractivity contribution in [2.75, 3.05) is 12.4 Å². The first-order chi connectivity index (χ1) is 15.7. The molecule has 6 rings (SSSR count). The Hall–Kier alpha value is -3.19. The zero-order chi connectivity index (χ0) is 21.7. The van der Waals surface area contributed by atoms with Crippen molar-refractivity contribution in [2.45, 2.75) is 17.1 Å². The summed E-state index contributed by atoms with van der Waals surface area (Å²) < 4.78 is 6.02. The molecule has 1 aromatic heterocycles. The highest BCUT2D eigenvalue weighted by molar-refractivity contribution is 7.99. The van der Waals surface area contributed by atoms with E-state index in [0.717, 1.165) is 54.6 Å². The number of ether oxygens (including phenoxy) is 1. The van der Waals surface area contributed by atoms with E-state index in [0.29, 0.717) is 5.75 Å². The molecule has 158 valence electrons. The van der Waals surface area contributed by atoms with Gasteiger partial charge in [-0.1, -0.05) is 60.7 Å². The topological polar surface area (TPSA) is 75.5 Å². The molecule has 0 saturated carbocycles. The van der Waals surface area contributed by atoms with E-state index < -0.39 is 12.2 Å². The molecule has 2 heterocycles. The van der Waals surface area contributed by atoms with Crippen LogP contribution in [0.15, 0.2) is 77.7 Å². The second kappa shape index (κ2) is 7.74. The SMILES string of the molecule is OC1COc2c(c3nc4ccc(C(O)c5ccccc5)cc4nc3c3ccccc23)SC1. The van der Waals surface area contributed by atoms with Crippen LogP contribution in [-0.2, 0) is 0 Å². The number of hydrogen-bond donors (Lipinski definition) is 2. The number of aromatic nitrogens is 2. The third-order valence-electron chi connectivity index (χ3n) is 5.81. The van der Waals surface area contributed by atoms with Gasteiger partial charge < -0.3 is 14.9 Å². The molecule has 0 radical (unpaired) electrons. The zero-order valence-corrected chi connectivity index (χ0v) is 17.9. The van der Waals surface area contributed by atoms with E-state index in [1.165, 1.54) is 0 Å². The van der Waals surface area contributed by atoms with Gasteiger partial charge in [-0.25, -0.2) is 9.97 Å². The third kappa shape index (κ3) is 3.19. The molecule has 1 aliphatic heterocycles. The van der Waals surface area contributed by atoms with E-state index in [4.69, 9.17) is 14.7 Å². The number of fused-ring (bicyclic) bond motifs is 7. The van der Waals surface area contributed by atoms with E-state index in [-0.39, 0.29) is 6.61 Å². The molecule has 0 spiro atoms. The lowest BCUT2D eigenvalue weighted by Gasteiger charge is -2.15. The minimum absolute atomic E-state index is 0.261. The molecule has 32 heavy (non-hydrogen) atoms. The molecule has 2 atom stereocenters. The largest absolute Gasteiger partial charge is 0.489 e. The highest BCUT2D eigenvalue weighted by atomic mass is 32.2. The summed E-state index contributed by atoms with van der Waals surface area (Å²) >= 11 is 1.56. The first-order valence-electron chi connectivity index (χ1n) is 10.5. The van der Waals surface area contributed by atoms with Gasteiger partial charge in [0, 0.05) is 16.5 Å². The number of aliphatic hydroxyl groups is 2. The highest BCUT2D eigenvalue weighted by Crippen LogP contribution is 2.44. The normalized spacial score (nSPS) is 17.1. The Labute approximate surface area is 188 Å². The fraction of sp³-hybridized carbons (Fsp3) is 0.154. The van der Waals surface area contributed by atoms with Crippen molar-refractivity contribution in [3.05, 3.63) is 83.9 Å². The van der Waals surface area contributed by atoms with Crippen molar-refractivity contribution in [1.29, 1.82) is 0 Å². The van der Waals surface area contributed by atoms with Crippen LogP contribution in [0.2, 0.25) is 0 Å². The molecule has 0 amide bonds. The van der Waals surface area contributed by atoms with Gasteiger partial charge in [0.15, 0.2) is 0 Å². The van der Waals surface area contributed by atoms with Gasteiger partial charge >= 0.3 is 0 Å². The van der Waals surface area contributed by atoms with E-state index in [9.17, 15) is 10.2 Å². The van der Waals surface area contributed by atoms with Crippen molar-refractivity contribution in [2.24, 2.45) is 0 Å². The van der Waals surface area contributed by atoms with Crippen LogP contribution in [-0.4, -0.2) is 38.6 Å². The molecule has 6 heteroatoms. The second-order valence-electron chi connectivity index (χ2n) is 7.96. The Bertz CT molecular complexity index is 1470. The van der Waals surface area contributed by atoms with E-state index in [1.54, 1.807) is 11.8 Å². The summed E-state index contributed by atoms with van der Waals surface area (Å²) in [6.07, 6.45) is -1.26. The van der Waals surface area contributed by atoms with Gasteiger partial charge in [0.2, 0.25) is 0 Å². The van der Waals surface area contributed by atoms with Crippen molar-refractivity contribution in [1.82, 2.24) is 9.97 Å². The Balaban J connectivity index is 1.59. The molecule has 0 saturated heterocycles. The van der Waals surface area contributed by atoms with Crippen LogP contribution < -0.4 is 4.74 Å². The maximum Gasteiger partial charge on any atom is 0.143 e. The predicted octanol–water partition coefficient (Wildman–Crippen LogP) is 4.86. The monoisotopic (exact) mass is 440 g/mol. The average molecular weight is 441 g/mol. The molecule has 5 nitrogen and oxygen atoms in total. The molecular weight excluding hydrogens is 420 g/mol. The number of aliphatic hydroxyl groups excluding tert-OH is 2. The molecule has 4 aromatic carbocycles. The number of benzene rings is 4. The van der Waals surface area contributed by atoms with Crippen LogP contribution in [0.1, 0.15) is 17.2 Å². The maximum atomic E-state index is 10.9. The van der Waals surface area contributed by atoms with E-state index in [1.807, 2.05) is 72.8 Å². The highest BCUT2D eigenvalue weighted by Gasteiger charge is 2.23. The number of thioether (sulfide) groups is 1. The Morgan fingerprint density at radius 1 is 0.844 bits per heavy atom. The summed E-state index contributed by atoms with van der Waals surface area (Å²) in [4.78, 5) is 10.9. The van der Waals surface area contributed by atoms with Crippen LogP contribution in [0.4, 0.5) is 0 Å². The van der Waals surface area contributed by atoms with Crippen LogP contribution in [0, 0.1) is 0 Å². The van der Waals surface area contributed by atoms with Crippen LogP contribution in [0.3, 0.4) is 0 Å². The summed E-state index contributed by atoms with van der Waals surface area (Å²) in [6.45, 7) is 0.261. The Morgan fingerprint density at radius 3 is 2.44 bits per heavy atom. The van der Waals surface area contributed by atoms with Gasteiger partial charge in [0.25, 0.3) is 0 Å². The lowest BCUT2D eigenvalue weighted by molar-refractivity contribution is 0.128. The van der Waals surface area contributed by atoms with Gasteiger partial charge in [0.05, 0.1) is 27.5 Å². The summed E-state index contributed by atoms with van der Waals surface area (Å²) in [6, 6.07) is 23.3. The van der Waals surface area contributed by atoms with Gasteiger partial charge in [-0.3, -0.25) is 0 Å². The second-order valence-corrected chi connectivity index (χ2v) is 8.99. The summed E-state index contributed by atoms with van der Waals surface area (Å²) in [7, 11) is 0. The predicted molar refractivity (Wildman–Crippen MR) is 127 cm³/mol. The first kappa shape index (κ1) is 19.5. The molecule has 2 N–H and O–H groups in total. The zero-order valence-electron chi connectivity index (χ0n) is 17.1. The molecular formula is C26H20N2O3S. The number of rotatable bonds is 2. The van der Waals surface area contributed by atoms with E-state index in [2.05, 4.69) is 0 Å². The quantitative estimate of drug-likeness (QED) is 0.302. The van der Waals surface area contributed by atoms with Crippen molar-refractivity contribution < 1.29 is 14.9 Å². The first-order valence-corrected chi connectivity index (χ1v) is 11.5. The van der Waals surface area contributed by atoms with Gasteiger partial charge in [-0.05, 0) is 23.3 Å². The van der Waals surface area contributed by atoms with Crippen molar-refractivity contribution in [3.8, 4) is 5.75 Å². The molecule has 0 fully saturated rings. The number of hydrogen-bond acceptors (Lipinski definition) is 6. The minimum Gasteiger partial charge on any atom is -0.489 e. The van der Waals surface area contributed by atoms with Crippen molar-refractivity contribution >= 4 is 44.6 Å². The summed E-state index contributed by atoms with van der Waals surface area (Å²) in [5.74, 6) is 1.31. The Morgan fingerprint density at radius 2 is 1.59 bits per heavy atom.